The van der Waals surface area contributed by atoms with Crippen molar-refractivity contribution in [3.63, 3.8) is 0 Å². The Morgan fingerprint density at radius 2 is 1.87 bits per heavy atom. The summed E-state index contributed by atoms with van der Waals surface area (Å²) in [5, 5.41) is 11.6. The topological polar surface area (TPSA) is 42.2 Å². The number of aryl methyl sites for hydroxylation is 2. The lowest BCUT2D eigenvalue weighted by Crippen LogP contribution is -2.03. The summed E-state index contributed by atoms with van der Waals surface area (Å²) in [6.07, 6.45) is 0. The third-order valence-corrected chi connectivity index (χ3v) is 3.25. The van der Waals surface area contributed by atoms with Gasteiger partial charge in [-0.15, -0.1) is 11.3 Å². The number of carbonyl (C=O) groups is 1. The van der Waals surface area contributed by atoms with E-state index >= 15 is 0 Å². The van der Waals surface area contributed by atoms with Crippen LogP contribution in [-0.4, -0.2) is 15.6 Å². The van der Waals surface area contributed by atoms with Crippen molar-refractivity contribution in [2.45, 2.75) is 13.8 Å². The van der Waals surface area contributed by atoms with E-state index in [0.29, 0.717) is 5.56 Å². The quantitative estimate of drug-likeness (QED) is 0.847. The molecule has 4 heteroatoms. The number of rotatable bonds is 2. The molecule has 2 aromatic rings. The van der Waals surface area contributed by atoms with Crippen LogP contribution >= 0.6 is 11.3 Å². The van der Waals surface area contributed by atoms with E-state index in [4.69, 9.17) is 5.11 Å². The van der Waals surface area contributed by atoms with Gasteiger partial charge in [0.25, 0.3) is 0 Å². The maximum atomic E-state index is 11.0. The fourth-order valence-corrected chi connectivity index (χ4v) is 2.63. The van der Waals surface area contributed by atoms with Gasteiger partial charge < -0.3 is 9.67 Å². The first-order chi connectivity index (χ1) is 7.11. The van der Waals surface area contributed by atoms with Gasteiger partial charge in [0, 0.05) is 11.4 Å². The van der Waals surface area contributed by atoms with Crippen LogP contribution in [0.3, 0.4) is 0 Å². The van der Waals surface area contributed by atoms with Crippen molar-refractivity contribution in [1.29, 1.82) is 0 Å². The molecule has 0 spiro atoms. The van der Waals surface area contributed by atoms with Gasteiger partial charge in [0.2, 0.25) is 0 Å². The monoisotopic (exact) mass is 221 g/mol. The molecule has 0 aliphatic heterocycles. The van der Waals surface area contributed by atoms with Gasteiger partial charge in [-0.3, -0.25) is 0 Å². The zero-order valence-electron chi connectivity index (χ0n) is 8.52. The lowest BCUT2D eigenvalue weighted by atomic mass is 10.3. The Morgan fingerprint density at radius 1 is 1.27 bits per heavy atom. The Kier molecular flexibility index (Phi) is 2.36. The van der Waals surface area contributed by atoms with Gasteiger partial charge >= 0.3 is 5.97 Å². The maximum absolute atomic E-state index is 11.0. The second-order valence-corrected chi connectivity index (χ2v) is 4.29. The molecule has 0 unspecified atom stereocenters. The number of hydrogen-bond acceptors (Lipinski definition) is 2. The predicted molar refractivity (Wildman–Crippen MR) is 60.1 cm³/mol. The largest absolute Gasteiger partial charge is 0.478 e. The minimum absolute atomic E-state index is 0.363. The number of carboxylic acid groups (broad SMARTS) is 1. The Bertz CT molecular complexity index is 491. The summed E-state index contributed by atoms with van der Waals surface area (Å²) in [5.74, 6) is -0.876. The van der Waals surface area contributed by atoms with Crippen LogP contribution in [0.1, 0.15) is 21.7 Å². The SMILES string of the molecule is Cc1ccc(C)n1-c1sccc1C(=O)O. The molecule has 0 saturated carbocycles. The summed E-state index contributed by atoms with van der Waals surface area (Å²) in [4.78, 5) is 11.0. The molecule has 2 aromatic heterocycles. The molecule has 15 heavy (non-hydrogen) atoms. The summed E-state index contributed by atoms with van der Waals surface area (Å²) >= 11 is 1.45. The van der Waals surface area contributed by atoms with E-state index in [1.165, 1.54) is 11.3 Å². The predicted octanol–water partition coefficient (Wildman–Crippen LogP) is 2.85. The Labute approximate surface area is 91.6 Å². The van der Waals surface area contributed by atoms with Crippen LogP contribution in [0.2, 0.25) is 0 Å². The van der Waals surface area contributed by atoms with E-state index < -0.39 is 5.97 Å². The highest BCUT2D eigenvalue weighted by Crippen LogP contribution is 2.25. The molecular weight excluding hydrogens is 210 g/mol. The molecule has 0 amide bonds. The lowest BCUT2D eigenvalue weighted by molar-refractivity contribution is 0.0697. The van der Waals surface area contributed by atoms with Crippen molar-refractivity contribution in [3.8, 4) is 5.00 Å². The smallest absolute Gasteiger partial charge is 0.338 e. The van der Waals surface area contributed by atoms with Crippen LogP contribution < -0.4 is 0 Å². The summed E-state index contributed by atoms with van der Waals surface area (Å²) in [6, 6.07) is 5.61. The molecule has 0 aliphatic rings. The average Bonchev–Trinajstić information content (AvgIpc) is 2.73. The van der Waals surface area contributed by atoms with Crippen molar-refractivity contribution in [2.24, 2.45) is 0 Å². The van der Waals surface area contributed by atoms with Crippen LogP contribution in [0, 0.1) is 13.8 Å². The number of aromatic carboxylic acids is 1. The second-order valence-electron chi connectivity index (χ2n) is 3.40. The van der Waals surface area contributed by atoms with Crippen molar-refractivity contribution in [2.75, 3.05) is 0 Å². The van der Waals surface area contributed by atoms with Crippen LogP contribution in [0.15, 0.2) is 23.6 Å². The highest BCUT2D eigenvalue weighted by atomic mass is 32.1. The zero-order valence-corrected chi connectivity index (χ0v) is 9.34. The van der Waals surface area contributed by atoms with E-state index in [1.54, 1.807) is 11.4 Å². The first-order valence-electron chi connectivity index (χ1n) is 4.57. The molecule has 0 aliphatic carbocycles. The van der Waals surface area contributed by atoms with Gasteiger partial charge in [-0.1, -0.05) is 0 Å². The van der Waals surface area contributed by atoms with Crippen LogP contribution in [-0.2, 0) is 0 Å². The molecular formula is C11H11NO2S. The number of nitrogens with zero attached hydrogens (tertiary/aromatic N) is 1. The molecule has 2 heterocycles. The minimum Gasteiger partial charge on any atom is -0.478 e. The van der Waals surface area contributed by atoms with Gasteiger partial charge in [-0.05, 0) is 37.4 Å². The van der Waals surface area contributed by atoms with Gasteiger partial charge in [-0.2, -0.15) is 0 Å². The number of thiophene rings is 1. The molecule has 0 saturated heterocycles. The Morgan fingerprint density at radius 3 is 2.40 bits per heavy atom. The number of aromatic nitrogens is 1. The van der Waals surface area contributed by atoms with E-state index in [0.717, 1.165) is 16.4 Å². The van der Waals surface area contributed by atoms with Crippen molar-refractivity contribution in [3.05, 3.63) is 40.5 Å². The zero-order chi connectivity index (χ0) is 11.0. The standard InChI is InChI=1S/C11H11NO2S/c1-7-3-4-8(2)12(7)10-9(11(13)14)5-6-15-10/h3-6H,1-2H3,(H,13,14). The second kappa shape index (κ2) is 3.55. The normalized spacial score (nSPS) is 10.5. The van der Waals surface area contributed by atoms with E-state index in [2.05, 4.69) is 0 Å². The third-order valence-electron chi connectivity index (χ3n) is 2.35. The minimum atomic E-state index is -0.876. The molecule has 0 radical (unpaired) electrons. The van der Waals surface area contributed by atoms with Gasteiger partial charge in [0.1, 0.15) is 5.00 Å². The molecule has 3 nitrogen and oxygen atoms in total. The van der Waals surface area contributed by atoms with Crippen molar-refractivity contribution >= 4 is 17.3 Å². The molecule has 0 atom stereocenters. The molecule has 78 valence electrons. The number of hydrogen-bond donors (Lipinski definition) is 1. The number of carboxylic acids is 1. The van der Waals surface area contributed by atoms with Crippen LogP contribution in [0.25, 0.3) is 5.00 Å². The van der Waals surface area contributed by atoms with E-state index in [1.807, 2.05) is 30.5 Å². The average molecular weight is 221 g/mol. The van der Waals surface area contributed by atoms with Crippen LogP contribution in [0.5, 0.6) is 0 Å². The Balaban J connectivity index is 2.64. The molecule has 0 fully saturated rings. The molecule has 0 bridgehead atoms. The maximum Gasteiger partial charge on any atom is 0.338 e. The highest BCUT2D eigenvalue weighted by Gasteiger charge is 2.15. The summed E-state index contributed by atoms with van der Waals surface area (Å²) in [6.45, 7) is 3.94. The van der Waals surface area contributed by atoms with Crippen molar-refractivity contribution in [1.82, 2.24) is 4.57 Å². The molecule has 1 N–H and O–H groups in total. The van der Waals surface area contributed by atoms with Crippen molar-refractivity contribution < 1.29 is 9.90 Å². The molecule has 0 aromatic carbocycles. The third kappa shape index (κ3) is 1.57. The van der Waals surface area contributed by atoms with E-state index in [9.17, 15) is 4.79 Å². The Hall–Kier alpha value is -1.55. The summed E-state index contributed by atoms with van der Waals surface area (Å²) in [5.41, 5.74) is 2.47. The van der Waals surface area contributed by atoms with Crippen LogP contribution in [0.4, 0.5) is 0 Å². The summed E-state index contributed by atoms with van der Waals surface area (Å²) < 4.78 is 1.97. The van der Waals surface area contributed by atoms with Gasteiger partial charge in [0.15, 0.2) is 0 Å². The lowest BCUT2D eigenvalue weighted by Gasteiger charge is -2.07. The first kappa shape index (κ1) is 9.98. The summed E-state index contributed by atoms with van der Waals surface area (Å²) in [7, 11) is 0. The van der Waals surface area contributed by atoms with E-state index in [-0.39, 0.29) is 0 Å². The highest BCUT2D eigenvalue weighted by molar-refractivity contribution is 7.13. The van der Waals surface area contributed by atoms with Gasteiger partial charge in [0.05, 0.1) is 5.56 Å². The van der Waals surface area contributed by atoms with Gasteiger partial charge in [-0.25, -0.2) is 4.79 Å². The first-order valence-corrected chi connectivity index (χ1v) is 5.45. The fraction of sp³-hybridized carbons (Fsp3) is 0.182. The fourth-order valence-electron chi connectivity index (χ4n) is 1.63. The molecule has 2 rings (SSSR count).